The molecule has 0 bridgehead atoms. The summed E-state index contributed by atoms with van der Waals surface area (Å²) in [6.45, 7) is 1.40. The number of piperidine rings is 1. The summed E-state index contributed by atoms with van der Waals surface area (Å²) in [6, 6.07) is 0. The molecule has 0 atom stereocenters. The molecule has 2 fully saturated rings. The fourth-order valence-corrected chi connectivity index (χ4v) is 2.65. The van der Waals surface area contributed by atoms with Gasteiger partial charge < -0.3 is 14.7 Å². The lowest BCUT2D eigenvalue weighted by Crippen LogP contribution is -2.50. The van der Waals surface area contributed by atoms with Crippen LogP contribution in [0.2, 0.25) is 0 Å². The van der Waals surface area contributed by atoms with Crippen molar-refractivity contribution >= 4 is 6.09 Å². The van der Waals surface area contributed by atoms with E-state index in [9.17, 15) is 4.79 Å². The molecule has 1 heterocycles. The molecule has 0 aromatic rings. The zero-order valence-corrected chi connectivity index (χ0v) is 8.53. The van der Waals surface area contributed by atoms with Gasteiger partial charge >= 0.3 is 6.09 Å². The molecule has 14 heavy (non-hydrogen) atoms. The summed E-state index contributed by atoms with van der Waals surface area (Å²) in [4.78, 5) is 12.2. The second kappa shape index (κ2) is 3.42. The summed E-state index contributed by atoms with van der Waals surface area (Å²) in [5.74, 6) is 0. The number of carbonyl (C=O) groups is 1. The first-order chi connectivity index (χ1) is 6.65. The zero-order chi connectivity index (χ0) is 10.2. The van der Waals surface area contributed by atoms with E-state index < -0.39 is 6.09 Å². The predicted molar refractivity (Wildman–Crippen MR) is 51.3 cm³/mol. The maximum atomic E-state index is 10.7. The fourth-order valence-electron chi connectivity index (χ4n) is 2.65. The van der Waals surface area contributed by atoms with Crippen LogP contribution in [0.1, 0.15) is 25.7 Å². The minimum Gasteiger partial charge on any atom is -0.465 e. The molecule has 80 valence electrons. The molecular weight excluding hydrogens is 182 g/mol. The quantitative estimate of drug-likeness (QED) is 0.697. The van der Waals surface area contributed by atoms with Gasteiger partial charge in [0.05, 0.1) is 6.10 Å². The van der Waals surface area contributed by atoms with Crippen LogP contribution < -0.4 is 0 Å². The maximum absolute atomic E-state index is 10.7. The zero-order valence-electron chi connectivity index (χ0n) is 8.53. The van der Waals surface area contributed by atoms with Crippen LogP contribution in [-0.4, -0.2) is 42.4 Å². The van der Waals surface area contributed by atoms with Crippen LogP contribution in [0.5, 0.6) is 0 Å². The number of hydrogen-bond donors (Lipinski definition) is 1. The van der Waals surface area contributed by atoms with E-state index in [1.54, 1.807) is 7.11 Å². The van der Waals surface area contributed by atoms with Gasteiger partial charge in [0.25, 0.3) is 0 Å². The average molecular weight is 199 g/mol. The van der Waals surface area contributed by atoms with Gasteiger partial charge in [0.1, 0.15) is 0 Å². The molecule has 1 aliphatic carbocycles. The van der Waals surface area contributed by atoms with E-state index in [0.29, 0.717) is 24.6 Å². The number of carboxylic acid groups (broad SMARTS) is 1. The van der Waals surface area contributed by atoms with Crippen LogP contribution >= 0.6 is 0 Å². The van der Waals surface area contributed by atoms with E-state index >= 15 is 0 Å². The van der Waals surface area contributed by atoms with Crippen molar-refractivity contribution in [2.45, 2.75) is 31.8 Å². The van der Waals surface area contributed by atoms with Crippen LogP contribution in [0, 0.1) is 5.41 Å². The van der Waals surface area contributed by atoms with E-state index in [1.807, 2.05) is 0 Å². The molecule has 0 radical (unpaired) electrons. The van der Waals surface area contributed by atoms with E-state index in [2.05, 4.69) is 0 Å². The van der Waals surface area contributed by atoms with Gasteiger partial charge in [0.15, 0.2) is 0 Å². The lowest BCUT2D eigenvalue weighted by Gasteiger charge is -2.51. The number of nitrogens with zero attached hydrogens (tertiary/aromatic N) is 1. The van der Waals surface area contributed by atoms with Crippen molar-refractivity contribution in [1.29, 1.82) is 0 Å². The standard InChI is InChI=1S/C10H17NO3/c1-14-8-6-10(7-8)2-4-11(5-3-10)9(12)13/h8H,2-7H2,1H3,(H,12,13). The van der Waals surface area contributed by atoms with Crippen molar-refractivity contribution in [1.82, 2.24) is 4.90 Å². The largest absolute Gasteiger partial charge is 0.465 e. The Morgan fingerprint density at radius 1 is 1.43 bits per heavy atom. The topological polar surface area (TPSA) is 49.8 Å². The minimum atomic E-state index is -0.775. The Kier molecular flexibility index (Phi) is 2.39. The average Bonchev–Trinajstić information content (AvgIpc) is 2.14. The van der Waals surface area contributed by atoms with Gasteiger partial charge in [-0.05, 0) is 31.1 Å². The molecule has 0 aromatic heterocycles. The molecule has 0 unspecified atom stereocenters. The smallest absolute Gasteiger partial charge is 0.407 e. The summed E-state index contributed by atoms with van der Waals surface area (Å²) < 4.78 is 5.26. The third kappa shape index (κ3) is 1.59. The molecule has 2 aliphatic rings. The molecule has 0 aromatic carbocycles. The van der Waals surface area contributed by atoms with Crippen molar-refractivity contribution in [2.75, 3.05) is 20.2 Å². The van der Waals surface area contributed by atoms with Gasteiger partial charge in [-0.3, -0.25) is 0 Å². The number of likely N-dealkylation sites (tertiary alicyclic amines) is 1. The summed E-state index contributed by atoms with van der Waals surface area (Å²) in [5.41, 5.74) is 0.409. The first-order valence-corrected chi connectivity index (χ1v) is 5.16. The Hall–Kier alpha value is -0.770. The molecule has 1 spiro atoms. The third-order valence-corrected chi connectivity index (χ3v) is 3.75. The van der Waals surface area contributed by atoms with Crippen molar-refractivity contribution in [3.8, 4) is 0 Å². The van der Waals surface area contributed by atoms with Crippen LogP contribution in [0.25, 0.3) is 0 Å². The van der Waals surface area contributed by atoms with Crippen molar-refractivity contribution < 1.29 is 14.6 Å². The summed E-state index contributed by atoms with van der Waals surface area (Å²) >= 11 is 0. The highest BCUT2D eigenvalue weighted by Gasteiger charge is 2.46. The molecule has 4 heteroatoms. The molecule has 1 saturated heterocycles. The minimum absolute atomic E-state index is 0.409. The van der Waals surface area contributed by atoms with Gasteiger partial charge in [-0.1, -0.05) is 0 Å². The lowest BCUT2D eigenvalue weighted by atomic mass is 9.61. The van der Waals surface area contributed by atoms with Crippen molar-refractivity contribution in [3.05, 3.63) is 0 Å². The predicted octanol–water partition coefficient (Wildman–Crippen LogP) is 1.56. The fraction of sp³-hybridized carbons (Fsp3) is 0.900. The second-order valence-electron chi connectivity index (χ2n) is 4.54. The Morgan fingerprint density at radius 3 is 2.43 bits per heavy atom. The van der Waals surface area contributed by atoms with Gasteiger partial charge in [-0.15, -0.1) is 0 Å². The summed E-state index contributed by atoms with van der Waals surface area (Å²) in [6.07, 6.45) is 3.92. The van der Waals surface area contributed by atoms with Gasteiger partial charge in [0.2, 0.25) is 0 Å². The van der Waals surface area contributed by atoms with Crippen molar-refractivity contribution in [2.24, 2.45) is 5.41 Å². The molecule has 1 saturated carbocycles. The van der Waals surface area contributed by atoms with Gasteiger partial charge in [-0.25, -0.2) is 4.79 Å². The van der Waals surface area contributed by atoms with Crippen LogP contribution in [0.4, 0.5) is 4.79 Å². The Labute approximate surface area is 83.8 Å². The van der Waals surface area contributed by atoms with E-state index in [1.165, 1.54) is 4.90 Å². The number of methoxy groups -OCH3 is 1. The molecule has 1 amide bonds. The highest BCUT2D eigenvalue weighted by atomic mass is 16.5. The highest BCUT2D eigenvalue weighted by molar-refractivity contribution is 5.65. The van der Waals surface area contributed by atoms with Crippen LogP contribution in [-0.2, 0) is 4.74 Å². The second-order valence-corrected chi connectivity index (χ2v) is 4.54. The summed E-state index contributed by atoms with van der Waals surface area (Å²) in [5, 5.41) is 8.80. The van der Waals surface area contributed by atoms with Gasteiger partial charge in [-0.2, -0.15) is 0 Å². The van der Waals surface area contributed by atoms with Crippen molar-refractivity contribution in [3.63, 3.8) is 0 Å². The third-order valence-electron chi connectivity index (χ3n) is 3.75. The van der Waals surface area contributed by atoms with Crippen LogP contribution in [0.3, 0.4) is 0 Å². The molecular formula is C10H17NO3. The van der Waals surface area contributed by atoms with E-state index in [0.717, 1.165) is 25.7 Å². The SMILES string of the molecule is COC1CC2(CCN(C(=O)O)CC2)C1. The number of hydrogen-bond acceptors (Lipinski definition) is 2. The number of amides is 1. The molecule has 4 nitrogen and oxygen atoms in total. The summed E-state index contributed by atoms with van der Waals surface area (Å²) in [7, 11) is 1.75. The normalized spacial score (nSPS) is 26.2. The highest BCUT2D eigenvalue weighted by Crippen LogP contribution is 2.49. The monoisotopic (exact) mass is 199 g/mol. The van der Waals surface area contributed by atoms with E-state index in [4.69, 9.17) is 9.84 Å². The molecule has 1 aliphatic heterocycles. The van der Waals surface area contributed by atoms with Crippen LogP contribution in [0.15, 0.2) is 0 Å². The Bertz CT molecular complexity index is 226. The van der Waals surface area contributed by atoms with E-state index in [-0.39, 0.29) is 0 Å². The first-order valence-electron chi connectivity index (χ1n) is 5.16. The number of ether oxygens (including phenoxy) is 1. The Balaban J connectivity index is 1.82. The maximum Gasteiger partial charge on any atom is 0.407 e. The first kappa shape index (κ1) is 9.77. The Morgan fingerprint density at radius 2 is 2.00 bits per heavy atom. The molecule has 1 N–H and O–H groups in total. The lowest BCUT2D eigenvalue weighted by molar-refractivity contribution is -0.0847. The number of rotatable bonds is 1. The molecule has 2 rings (SSSR count). The van der Waals surface area contributed by atoms with Gasteiger partial charge in [0, 0.05) is 20.2 Å².